The van der Waals surface area contributed by atoms with Gasteiger partial charge in [0.05, 0.1) is 18.1 Å². The highest BCUT2D eigenvalue weighted by atomic mass is 16.5. The van der Waals surface area contributed by atoms with E-state index < -0.39 is 0 Å². The van der Waals surface area contributed by atoms with Crippen molar-refractivity contribution in [1.82, 2.24) is 10.2 Å². The molecule has 0 bridgehead atoms. The van der Waals surface area contributed by atoms with Crippen LogP contribution >= 0.6 is 0 Å². The van der Waals surface area contributed by atoms with Gasteiger partial charge in [0.15, 0.2) is 0 Å². The molecule has 3 unspecified atom stereocenters. The van der Waals surface area contributed by atoms with E-state index in [1.54, 1.807) is 0 Å². The average molecular weight is 225 g/mol. The van der Waals surface area contributed by atoms with Gasteiger partial charge in [0.1, 0.15) is 0 Å². The molecule has 1 fully saturated rings. The van der Waals surface area contributed by atoms with Crippen molar-refractivity contribution in [2.75, 3.05) is 6.61 Å². The van der Waals surface area contributed by atoms with E-state index in [0.29, 0.717) is 11.8 Å². The number of aromatic nitrogens is 2. The van der Waals surface area contributed by atoms with Crippen molar-refractivity contribution in [2.24, 2.45) is 5.73 Å². The van der Waals surface area contributed by atoms with Crippen molar-refractivity contribution in [2.45, 2.75) is 51.2 Å². The van der Waals surface area contributed by atoms with Gasteiger partial charge < -0.3 is 14.9 Å². The Morgan fingerprint density at radius 2 is 2.25 bits per heavy atom. The van der Waals surface area contributed by atoms with Gasteiger partial charge in [-0.05, 0) is 19.3 Å². The Morgan fingerprint density at radius 1 is 1.44 bits per heavy atom. The van der Waals surface area contributed by atoms with Crippen LogP contribution in [0.25, 0.3) is 0 Å². The molecule has 1 aliphatic rings. The molecule has 1 saturated heterocycles. The molecule has 2 heterocycles. The zero-order chi connectivity index (χ0) is 11.5. The third-order valence-corrected chi connectivity index (χ3v) is 3.14. The predicted octanol–water partition coefficient (Wildman–Crippen LogP) is 1.76. The SMILES string of the molecule is CCC(N)c1nnc(C2CCOC2CC)o1. The lowest BCUT2D eigenvalue weighted by Crippen LogP contribution is -2.13. The normalized spacial score (nSPS) is 27.2. The first-order valence-electron chi connectivity index (χ1n) is 5.96. The van der Waals surface area contributed by atoms with E-state index in [-0.39, 0.29) is 18.1 Å². The van der Waals surface area contributed by atoms with Crippen LogP contribution in [0.3, 0.4) is 0 Å². The summed E-state index contributed by atoms with van der Waals surface area (Å²) in [4.78, 5) is 0. The highest BCUT2D eigenvalue weighted by Crippen LogP contribution is 2.32. The van der Waals surface area contributed by atoms with Crippen molar-refractivity contribution in [3.63, 3.8) is 0 Å². The molecule has 0 aliphatic carbocycles. The second-order valence-corrected chi connectivity index (χ2v) is 4.21. The average Bonchev–Trinajstić information content (AvgIpc) is 2.95. The van der Waals surface area contributed by atoms with Crippen LogP contribution < -0.4 is 5.73 Å². The van der Waals surface area contributed by atoms with Crippen LogP contribution in [0.1, 0.15) is 56.9 Å². The number of hydrogen-bond donors (Lipinski definition) is 1. The Bertz CT molecular complexity index is 340. The van der Waals surface area contributed by atoms with Gasteiger partial charge in [-0.1, -0.05) is 13.8 Å². The number of rotatable bonds is 4. The van der Waals surface area contributed by atoms with Crippen molar-refractivity contribution in [3.05, 3.63) is 11.8 Å². The summed E-state index contributed by atoms with van der Waals surface area (Å²) >= 11 is 0. The molecular formula is C11H19N3O2. The molecule has 5 nitrogen and oxygen atoms in total. The number of nitrogens with zero attached hydrogens (tertiary/aromatic N) is 2. The molecule has 1 aromatic heterocycles. The molecule has 0 radical (unpaired) electrons. The fraction of sp³-hybridized carbons (Fsp3) is 0.818. The topological polar surface area (TPSA) is 74.2 Å². The van der Waals surface area contributed by atoms with Gasteiger partial charge >= 0.3 is 0 Å². The molecule has 3 atom stereocenters. The van der Waals surface area contributed by atoms with E-state index in [1.807, 2.05) is 6.92 Å². The molecule has 0 amide bonds. The largest absolute Gasteiger partial charge is 0.423 e. The third-order valence-electron chi connectivity index (χ3n) is 3.14. The minimum Gasteiger partial charge on any atom is -0.423 e. The standard InChI is InChI=1S/C11H19N3O2/c1-3-8(12)11-14-13-10(16-11)7-5-6-15-9(7)4-2/h7-9H,3-6,12H2,1-2H3. The molecule has 16 heavy (non-hydrogen) atoms. The maximum absolute atomic E-state index is 5.85. The summed E-state index contributed by atoms with van der Waals surface area (Å²) in [5.74, 6) is 1.47. The lowest BCUT2D eigenvalue weighted by Gasteiger charge is -2.12. The number of nitrogens with two attached hydrogens (primary N) is 1. The smallest absolute Gasteiger partial charge is 0.233 e. The molecular weight excluding hydrogens is 206 g/mol. The van der Waals surface area contributed by atoms with Crippen LogP contribution in [-0.4, -0.2) is 22.9 Å². The highest BCUT2D eigenvalue weighted by molar-refractivity contribution is 4.99. The Labute approximate surface area is 95.4 Å². The Hall–Kier alpha value is -0.940. The van der Waals surface area contributed by atoms with Crippen LogP contribution in [0.2, 0.25) is 0 Å². The first kappa shape index (κ1) is 11.5. The van der Waals surface area contributed by atoms with E-state index in [0.717, 1.165) is 25.9 Å². The van der Waals surface area contributed by atoms with E-state index >= 15 is 0 Å². The van der Waals surface area contributed by atoms with Gasteiger partial charge in [-0.15, -0.1) is 10.2 Å². The quantitative estimate of drug-likeness (QED) is 0.845. The Kier molecular flexibility index (Phi) is 3.56. The summed E-state index contributed by atoms with van der Waals surface area (Å²) in [6, 6.07) is -0.149. The molecule has 0 spiro atoms. The Morgan fingerprint density at radius 3 is 2.94 bits per heavy atom. The summed E-state index contributed by atoms with van der Waals surface area (Å²) in [7, 11) is 0. The first-order valence-corrected chi connectivity index (χ1v) is 5.96. The van der Waals surface area contributed by atoms with E-state index in [1.165, 1.54) is 0 Å². The molecule has 2 rings (SSSR count). The number of hydrogen-bond acceptors (Lipinski definition) is 5. The third kappa shape index (κ3) is 2.10. The van der Waals surface area contributed by atoms with Gasteiger partial charge in [-0.2, -0.15) is 0 Å². The molecule has 1 aliphatic heterocycles. The second-order valence-electron chi connectivity index (χ2n) is 4.21. The van der Waals surface area contributed by atoms with Crippen molar-refractivity contribution >= 4 is 0 Å². The Balaban J connectivity index is 2.12. The van der Waals surface area contributed by atoms with Gasteiger partial charge in [-0.3, -0.25) is 0 Å². The molecule has 1 aromatic rings. The van der Waals surface area contributed by atoms with Crippen LogP contribution in [-0.2, 0) is 4.74 Å². The van der Waals surface area contributed by atoms with E-state index in [4.69, 9.17) is 14.9 Å². The summed E-state index contributed by atoms with van der Waals surface area (Å²) in [6.07, 6.45) is 2.95. The van der Waals surface area contributed by atoms with Gasteiger partial charge in [0.2, 0.25) is 11.8 Å². The van der Waals surface area contributed by atoms with Gasteiger partial charge in [0, 0.05) is 6.61 Å². The summed E-state index contributed by atoms with van der Waals surface area (Å²) in [6.45, 7) is 4.89. The van der Waals surface area contributed by atoms with Crippen molar-refractivity contribution < 1.29 is 9.15 Å². The van der Waals surface area contributed by atoms with E-state index in [9.17, 15) is 0 Å². The minimum absolute atomic E-state index is 0.149. The zero-order valence-corrected chi connectivity index (χ0v) is 9.85. The van der Waals surface area contributed by atoms with Crippen LogP contribution in [0.4, 0.5) is 0 Å². The first-order chi connectivity index (χ1) is 7.76. The van der Waals surface area contributed by atoms with Crippen LogP contribution in [0.15, 0.2) is 4.42 Å². The molecule has 2 N–H and O–H groups in total. The molecule has 5 heteroatoms. The molecule has 0 saturated carbocycles. The van der Waals surface area contributed by atoms with Gasteiger partial charge in [-0.25, -0.2) is 0 Å². The second kappa shape index (κ2) is 4.93. The fourth-order valence-electron chi connectivity index (χ4n) is 2.05. The maximum Gasteiger partial charge on any atom is 0.233 e. The van der Waals surface area contributed by atoms with Crippen molar-refractivity contribution in [1.29, 1.82) is 0 Å². The van der Waals surface area contributed by atoms with Gasteiger partial charge in [0.25, 0.3) is 0 Å². The lowest BCUT2D eigenvalue weighted by molar-refractivity contribution is 0.0962. The molecule has 90 valence electrons. The summed E-state index contributed by atoms with van der Waals surface area (Å²) < 4.78 is 11.2. The lowest BCUT2D eigenvalue weighted by atomic mass is 10.00. The van der Waals surface area contributed by atoms with Crippen LogP contribution in [0.5, 0.6) is 0 Å². The summed E-state index contributed by atoms with van der Waals surface area (Å²) in [5.41, 5.74) is 5.85. The number of ether oxygens (including phenoxy) is 1. The predicted molar refractivity (Wildman–Crippen MR) is 58.9 cm³/mol. The fourth-order valence-corrected chi connectivity index (χ4v) is 2.05. The highest BCUT2D eigenvalue weighted by Gasteiger charge is 2.32. The van der Waals surface area contributed by atoms with Crippen molar-refractivity contribution in [3.8, 4) is 0 Å². The van der Waals surface area contributed by atoms with E-state index in [2.05, 4.69) is 17.1 Å². The zero-order valence-electron chi connectivity index (χ0n) is 9.85. The molecule has 0 aromatic carbocycles. The maximum atomic E-state index is 5.85. The summed E-state index contributed by atoms with van der Waals surface area (Å²) in [5, 5.41) is 8.09. The van der Waals surface area contributed by atoms with Crippen LogP contribution in [0, 0.1) is 0 Å². The monoisotopic (exact) mass is 225 g/mol. The minimum atomic E-state index is -0.149.